The second-order valence-corrected chi connectivity index (χ2v) is 5.58. The van der Waals surface area contributed by atoms with Crippen LogP contribution in [0.3, 0.4) is 0 Å². The van der Waals surface area contributed by atoms with Crippen molar-refractivity contribution in [2.24, 2.45) is 5.41 Å². The molecule has 2 aliphatic heterocycles. The monoisotopic (exact) mass is 253 g/mol. The Balaban J connectivity index is 1.67. The second kappa shape index (κ2) is 4.25. The molecule has 0 aliphatic carbocycles. The predicted octanol–water partition coefficient (Wildman–Crippen LogP) is 1.66. The molecule has 0 unspecified atom stereocenters. The van der Waals surface area contributed by atoms with Crippen LogP contribution in [0, 0.1) is 5.41 Å². The molecule has 0 aromatic heterocycles. The average Bonchev–Trinajstić information content (AvgIpc) is 2.20. The molecular formula is C13H16ClNO2. The zero-order valence-electron chi connectivity index (χ0n) is 9.66. The SMILES string of the molecule is OCc1c(Cl)cccc1CN1CC2(COC2)C1. The van der Waals surface area contributed by atoms with E-state index in [9.17, 15) is 5.11 Å². The summed E-state index contributed by atoms with van der Waals surface area (Å²) in [4.78, 5) is 2.38. The molecule has 2 fully saturated rings. The number of ether oxygens (including phenoxy) is 1. The first-order valence-corrected chi connectivity index (χ1v) is 6.27. The highest BCUT2D eigenvalue weighted by atomic mass is 35.5. The van der Waals surface area contributed by atoms with Gasteiger partial charge in [-0.15, -0.1) is 0 Å². The van der Waals surface area contributed by atoms with E-state index in [1.54, 1.807) is 0 Å². The van der Waals surface area contributed by atoms with E-state index in [1.807, 2.05) is 18.2 Å². The topological polar surface area (TPSA) is 32.7 Å². The lowest BCUT2D eigenvalue weighted by Gasteiger charge is -2.55. The third-order valence-corrected chi connectivity index (χ3v) is 4.06. The molecule has 2 heterocycles. The fourth-order valence-electron chi connectivity index (χ4n) is 2.76. The van der Waals surface area contributed by atoms with Gasteiger partial charge in [-0.05, 0) is 11.6 Å². The normalized spacial score (nSPS) is 22.2. The summed E-state index contributed by atoms with van der Waals surface area (Å²) >= 11 is 6.07. The predicted molar refractivity (Wildman–Crippen MR) is 65.9 cm³/mol. The van der Waals surface area contributed by atoms with Crippen LogP contribution in [0.2, 0.25) is 5.02 Å². The van der Waals surface area contributed by atoms with E-state index in [1.165, 1.54) is 0 Å². The molecular weight excluding hydrogens is 238 g/mol. The van der Waals surface area contributed by atoms with Gasteiger partial charge in [0.1, 0.15) is 0 Å². The number of hydrogen-bond donors (Lipinski definition) is 1. The van der Waals surface area contributed by atoms with Crippen LogP contribution in [0.5, 0.6) is 0 Å². The smallest absolute Gasteiger partial charge is 0.0699 e. The summed E-state index contributed by atoms with van der Waals surface area (Å²) in [6.45, 7) is 4.90. The number of nitrogens with zero attached hydrogens (tertiary/aromatic N) is 1. The van der Waals surface area contributed by atoms with Gasteiger partial charge >= 0.3 is 0 Å². The highest BCUT2D eigenvalue weighted by Gasteiger charge is 2.48. The van der Waals surface area contributed by atoms with Crippen molar-refractivity contribution in [3.63, 3.8) is 0 Å². The summed E-state index contributed by atoms with van der Waals surface area (Å²) < 4.78 is 5.25. The maximum absolute atomic E-state index is 9.34. The fourth-order valence-corrected chi connectivity index (χ4v) is 3.01. The largest absolute Gasteiger partial charge is 0.392 e. The Morgan fingerprint density at radius 2 is 2.12 bits per heavy atom. The molecule has 1 spiro atoms. The average molecular weight is 254 g/mol. The summed E-state index contributed by atoms with van der Waals surface area (Å²) in [6, 6.07) is 5.81. The molecule has 0 atom stereocenters. The quantitative estimate of drug-likeness (QED) is 0.890. The molecule has 4 heteroatoms. The number of halogens is 1. The van der Waals surface area contributed by atoms with Crippen molar-refractivity contribution >= 4 is 11.6 Å². The first kappa shape index (κ1) is 11.5. The van der Waals surface area contributed by atoms with E-state index in [0.29, 0.717) is 10.4 Å². The van der Waals surface area contributed by atoms with Gasteiger partial charge in [0.05, 0.1) is 19.8 Å². The van der Waals surface area contributed by atoms with Crippen molar-refractivity contribution < 1.29 is 9.84 Å². The van der Waals surface area contributed by atoms with Crippen molar-refractivity contribution in [3.05, 3.63) is 34.3 Å². The van der Waals surface area contributed by atoms with Crippen LogP contribution in [0.1, 0.15) is 11.1 Å². The molecule has 1 aromatic rings. The Morgan fingerprint density at radius 1 is 1.35 bits per heavy atom. The van der Waals surface area contributed by atoms with E-state index in [4.69, 9.17) is 16.3 Å². The van der Waals surface area contributed by atoms with Crippen LogP contribution >= 0.6 is 11.6 Å². The highest BCUT2D eigenvalue weighted by Crippen LogP contribution is 2.38. The summed E-state index contributed by atoms with van der Waals surface area (Å²) in [7, 11) is 0. The van der Waals surface area contributed by atoms with Crippen LogP contribution in [0.4, 0.5) is 0 Å². The lowest BCUT2D eigenvalue weighted by atomic mass is 9.78. The third kappa shape index (κ3) is 1.97. The Labute approximate surface area is 106 Å². The first-order chi connectivity index (χ1) is 8.22. The van der Waals surface area contributed by atoms with Gasteiger partial charge in [0, 0.05) is 35.6 Å². The minimum Gasteiger partial charge on any atom is -0.392 e. The number of aliphatic hydroxyl groups is 1. The Hall–Kier alpha value is -0.610. The van der Waals surface area contributed by atoms with Crippen LogP contribution in [-0.2, 0) is 17.9 Å². The van der Waals surface area contributed by atoms with E-state index in [2.05, 4.69) is 4.90 Å². The number of rotatable bonds is 3. The number of likely N-dealkylation sites (tertiary alicyclic amines) is 1. The van der Waals surface area contributed by atoms with Gasteiger partial charge in [0.25, 0.3) is 0 Å². The number of benzene rings is 1. The van der Waals surface area contributed by atoms with E-state index >= 15 is 0 Å². The van der Waals surface area contributed by atoms with E-state index in [0.717, 1.165) is 44.0 Å². The minimum absolute atomic E-state index is 0.0110. The standard InChI is InChI=1S/C13H16ClNO2/c14-12-3-1-2-10(11(12)5-16)4-15-6-13(7-15)8-17-9-13/h1-3,16H,4-9H2. The van der Waals surface area contributed by atoms with Crippen LogP contribution < -0.4 is 0 Å². The maximum Gasteiger partial charge on any atom is 0.0699 e. The Kier molecular flexibility index (Phi) is 2.87. The van der Waals surface area contributed by atoms with E-state index in [-0.39, 0.29) is 6.61 Å². The molecule has 0 saturated carbocycles. The molecule has 1 N–H and O–H groups in total. The molecule has 17 heavy (non-hydrogen) atoms. The van der Waals surface area contributed by atoms with Crippen molar-refractivity contribution in [3.8, 4) is 0 Å². The minimum atomic E-state index is 0.0110. The van der Waals surface area contributed by atoms with E-state index < -0.39 is 0 Å². The lowest BCUT2D eigenvalue weighted by Crippen LogP contribution is -2.65. The van der Waals surface area contributed by atoms with Crippen LogP contribution in [0.25, 0.3) is 0 Å². The summed E-state index contributed by atoms with van der Waals surface area (Å²) in [5.41, 5.74) is 2.44. The summed E-state index contributed by atoms with van der Waals surface area (Å²) in [5, 5.41) is 10.00. The summed E-state index contributed by atoms with van der Waals surface area (Å²) in [6.07, 6.45) is 0. The molecule has 0 radical (unpaired) electrons. The van der Waals surface area contributed by atoms with Crippen molar-refractivity contribution in [2.75, 3.05) is 26.3 Å². The Bertz CT molecular complexity index is 423. The van der Waals surface area contributed by atoms with Gasteiger partial charge in [0.15, 0.2) is 0 Å². The zero-order chi connectivity index (χ0) is 11.9. The fraction of sp³-hybridized carbons (Fsp3) is 0.538. The molecule has 3 rings (SSSR count). The maximum atomic E-state index is 9.34. The number of aliphatic hydroxyl groups excluding tert-OH is 1. The second-order valence-electron chi connectivity index (χ2n) is 5.17. The molecule has 92 valence electrons. The number of hydrogen-bond acceptors (Lipinski definition) is 3. The molecule has 0 bridgehead atoms. The van der Waals surface area contributed by atoms with Crippen molar-refractivity contribution in [2.45, 2.75) is 13.2 Å². The third-order valence-electron chi connectivity index (χ3n) is 3.70. The van der Waals surface area contributed by atoms with Crippen LogP contribution in [-0.4, -0.2) is 36.3 Å². The molecule has 2 saturated heterocycles. The van der Waals surface area contributed by atoms with Crippen molar-refractivity contribution in [1.82, 2.24) is 4.90 Å². The van der Waals surface area contributed by atoms with Gasteiger partial charge in [-0.3, -0.25) is 4.90 Å². The van der Waals surface area contributed by atoms with Gasteiger partial charge in [-0.25, -0.2) is 0 Å². The van der Waals surface area contributed by atoms with Gasteiger partial charge < -0.3 is 9.84 Å². The molecule has 0 amide bonds. The van der Waals surface area contributed by atoms with Gasteiger partial charge in [-0.2, -0.15) is 0 Å². The zero-order valence-corrected chi connectivity index (χ0v) is 10.4. The molecule has 3 nitrogen and oxygen atoms in total. The van der Waals surface area contributed by atoms with Gasteiger partial charge in [0.2, 0.25) is 0 Å². The summed E-state index contributed by atoms with van der Waals surface area (Å²) in [5.74, 6) is 0. The van der Waals surface area contributed by atoms with Gasteiger partial charge in [-0.1, -0.05) is 23.7 Å². The molecule has 2 aliphatic rings. The molecule has 1 aromatic carbocycles. The lowest BCUT2D eigenvalue weighted by molar-refractivity contribution is -0.191. The van der Waals surface area contributed by atoms with Crippen LogP contribution in [0.15, 0.2) is 18.2 Å². The first-order valence-electron chi connectivity index (χ1n) is 5.90. The Morgan fingerprint density at radius 3 is 2.71 bits per heavy atom. The highest BCUT2D eigenvalue weighted by molar-refractivity contribution is 6.31. The van der Waals surface area contributed by atoms with Crippen molar-refractivity contribution in [1.29, 1.82) is 0 Å².